The maximum absolute atomic E-state index is 10.8. The van der Waals surface area contributed by atoms with Gasteiger partial charge in [0.1, 0.15) is 0 Å². The maximum Gasteiger partial charge on any atom is 0.208 e. The third kappa shape index (κ3) is 4.05. The van der Waals surface area contributed by atoms with Crippen molar-refractivity contribution < 1.29 is 8.42 Å². The largest absolute Gasteiger partial charge is 0.311 e. The number of hydrogen-bond donors (Lipinski definition) is 2. The summed E-state index contributed by atoms with van der Waals surface area (Å²) in [6.07, 6.45) is 5.90. The molecule has 2 aromatic rings. The van der Waals surface area contributed by atoms with Gasteiger partial charge in [-0.25, -0.2) is 18.1 Å². The molecule has 0 aromatic carbocycles. The lowest BCUT2D eigenvalue weighted by Gasteiger charge is -2.03. The zero-order valence-corrected chi connectivity index (χ0v) is 11.7. The van der Waals surface area contributed by atoms with Gasteiger partial charge in [0.25, 0.3) is 0 Å². The summed E-state index contributed by atoms with van der Waals surface area (Å²) in [5, 5.41) is 5.23. The molecule has 0 aliphatic heterocycles. The average Bonchev–Trinajstić information content (AvgIpc) is 2.81. The summed E-state index contributed by atoms with van der Waals surface area (Å²) in [6.45, 7) is 1.92. The van der Waals surface area contributed by atoms with Crippen molar-refractivity contribution in [3.05, 3.63) is 23.5 Å². The Kier molecular flexibility index (Phi) is 4.33. The zero-order chi connectivity index (χ0) is 13.0. The molecule has 6 nitrogen and oxygen atoms in total. The number of fused-ring (bicyclic) bond motifs is 1. The molecule has 2 N–H and O–H groups in total. The van der Waals surface area contributed by atoms with Gasteiger partial charge in [-0.3, -0.25) is 4.40 Å². The van der Waals surface area contributed by atoms with E-state index in [9.17, 15) is 8.42 Å². The Hall–Kier alpha value is -0.960. The van der Waals surface area contributed by atoms with Gasteiger partial charge in [0.15, 0.2) is 4.96 Å². The smallest absolute Gasteiger partial charge is 0.208 e. The minimum atomic E-state index is -3.07. The zero-order valence-electron chi connectivity index (χ0n) is 10.1. The van der Waals surface area contributed by atoms with Gasteiger partial charge < -0.3 is 5.32 Å². The van der Waals surface area contributed by atoms with E-state index in [2.05, 4.69) is 15.0 Å². The highest BCUT2D eigenvalue weighted by Gasteiger charge is 2.02. The van der Waals surface area contributed by atoms with Crippen molar-refractivity contribution in [2.45, 2.75) is 13.0 Å². The first-order valence-corrected chi connectivity index (χ1v) is 8.38. The van der Waals surface area contributed by atoms with Crippen molar-refractivity contribution in [1.29, 1.82) is 0 Å². The number of imidazole rings is 1. The summed E-state index contributed by atoms with van der Waals surface area (Å²) in [5.41, 5.74) is 0.998. The fourth-order valence-corrected chi connectivity index (χ4v) is 2.78. The first-order valence-electron chi connectivity index (χ1n) is 5.61. The minimum Gasteiger partial charge on any atom is -0.311 e. The maximum atomic E-state index is 10.8. The molecule has 100 valence electrons. The van der Waals surface area contributed by atoms with Crippen LogP contribution in [-0.4, -0.2) is 37.1 Å². The number of sulfonamides is 1. The molecule has 2 aromatic heterocycles. The molecular formula is C10H16N4O2S2. The summed E-state index contributed by atoms with van der Waals surface area (Å²) >= 11 is 1.61. The molecule has 0 amide bonds. The normalized spacial score (nSPS) is 12.3. The second-order valence-corrected chi connectivity index (χ2v) is 6.73. The minimum absolute atomic E-state index is 0.462. The Morgan fingerprint density at radius 2 is 2.28 bits per heavy atom. The Morgan fingerprint density at radius 1 is 1.44 bits per heavy atom. The summed E-state index contributed by atoms with van der Waals surface area (Å²) in [5.74, 6) is 0. The molecule has 0 saturated carbocycles. The topological polar surface area (TPSA) is 75.5 Å². The lowest BCUT2D eigenvalue weighted by Crippen LogP contribution is -2.26. The summed E-state index contributed by atoms with van der Waals surface area (Å²) < 4.78 is 26.1. The van der Waals surface area contributed by atoms with Gasteiger partial charge >= 0.3 is 0 Å². The van der Waals surface area contributed by atoms with Crippen LogP contribution in [0.15, 0.2) is 17.8 Å². The SMILES string of the molecule is CS(=O)(=O)NCCCNCc1cn2ccsc2n1. The predicted octanol–water partition coefficient (Wildman–Crippen LogP) is 0.425. The molecule has 2 heterocycles. The van der Waals surface area contributed by atoms with Crippen molar-refractivity contribution in [2.24, 2.45) is 0 Å². The van der Waals surface area contributed by atoms with Gasteiger partial charge in [0.05, 0.1) is 11.9 Å². The fraction of sp³-hybridized carbons (Fsp3) is 0.500. The van der Waals surface area contributed by atoms with Gasteiger partial charge in [-0.1, -0.05) is 0 Å². The standard InChI is InChI=1S/C10H16N4O2S2/c1-18(15,16)12-4-2-3-11-7-9-8-14-5-6-17-10(14)13-9/h5-6,8,11-12H,2-4,7H2,1H3. The number of hydrogen-bond acceptors (Lipinski definition) is 5. The van der Waals surface area contributed by atoms with Crippen molar-refractivity contribution in [3.8, 4) is 0 Å². The molecule has 0 saturated heterocycles. The second-order valence-electron chi connectivity index (χ2n) is 4.02. The fourth-order valence-electron chi connectivity index (χ4n) is 1.55. The monoisotopic (exact) mass is 288 g/mol. The van der Waals surface area contributed by atoms with Gasteiger partial charge in [-0.15, -0.1) is 11.3 Å². The van der Waals surface area contributed by atoms with Crippen LogP contribution in [0.5, 0.6) is 0 Å². The summed E-state index contributed by atoms with van der Waals surface area (Å²) in [4.78, 5) is 5.43. The van der Waals surface area contributed by atoms with E-state index >= 15 is 0 Å². The van der Waals surface area contributed by atoms with Crippen LogP contribution in [0, 0.1) is 0 Å². The van der Waals surface area contributed by atoms with E-state index in [1.165, 1.54) is 0 Å². The third-order valence-corrected chi connectivity index (χ3v) is 3.84. The van der Waals surface area contributed by atoms with Crippen LogP contribution in [0.2, 0.25) is 0 Å². The van der Waals surface area contributed by atoms with E-state index in [-0.39, 0.29) is 0 Å². The van der Waals surface area contributed by atoms with Crippen molar-refractivity contribution in [3.63, 3.8) is 0 Å². The number of rotatable bonds is 7. The van der Waals surface area contributed by atoms with E-state index in [1.54, 1.807) is 11.3 Å². The molecule has 0 bridgehead atoms. The molecule has 0 aliphatic carbocycles. The molecule has 2 rings (SSSR count). The Morgan fingerprint density at radius 3 is 3.00 bits per heavy atom. The molecule has 0 fully saturated rings. The number of nitrogens with one attached hydrogen (secondary N) is 2. The Labute approximate surface area is 110 Å². The van der Waals surface area contributed by atoms with Crippen LogP contribution in [0.4, 0.5) is 0 Å². The highest BCUT2D eigenvalue weighted by atomic mass is 32.2. The molecule has 18 heavy (non-hydrogen) atoms. The van der Waals surface area contributed by atoms with Crippen LogP contribution in [0.25, 0.3) is 4.96 Å². The number of thiazole rings is 1. The molecule has 0 unspecified atom stereocenters. The molecule has 0 radical (unpaired) electrons. The van der Waals surface area contributed by atoms with Gasteiger partial charge in [-0.05, 0) is 13.0 Å². The van der Waals surface area contributed by atoms with Crippen molar-refractivity contribution in [1.82, 2.24) is 19.4 Å². The molecule has 0 atom stereocenters. The van der Waals surface area contributed by atoms with Crippen LogP contribution < -0.4 is 10.0 Å². The van der Waals surface area contributed by atoms with Gasteiger partial charge in [-0.2, -0.15) is 0 Å². The first-order chi connectivity index (χ1) is 8.54. The Bertz CT molecular complexity index is 574. The third-order valence-electron chi connectivity index (χ3n) is 2.34. The van der Waals surface area contributed by atoms with Crippen LogP contribution in [0.3, 0.4) is 0 Å². The van der Waals surface area contributed by atoms with E-state index in [0.29, 0.717) is 13.1 Å². The van der Waals surface area contributed by atoms with E-state index in [0.717, 1.165) is 29.9 Å². The van der Waals surface area contributed by atoms with Crippen molar-refractivity contribution in [2.75, 3.05) is 19.3 Å². The van der Waals surface area contributed by atoms with E-state index < -0.39 is 10.0 Å². The molecule has 8 heteroatoms. The highest BCUT2D eigenvalue weighted by molar-refractivity contribution is 7.88. The lowest BCUT2D eigenvalue weighted by molar-refractivity contribution is 0.578. The Balaban J connectivity index is 1.65. The van der Waals surface area contributed by atoms with Gasteiger partial charge in [0, 0.05) is 30.9 Å². The predicted molar refractivity (Wildman–Crippen MR) is 72.2 cm³/mol. The molecule has 0 spiro atoms. The van der Waals surface area contributed by atoms with Crippen LogP contribution in [-0.2, 0) is 16.6 Å². The quantitative estimate of drug-likeness (QED) is 0.724. The summed E-state index contributed by atoms with van der Waals surface area (Å²) in [7, 11) is -3.07. The van der Waals surface area contributed by atoms with E-state index in [4.69, 9.17) is 0 Å². The molecular weight excluding hydrogens is 272 g/mol. The molecule has 0 aliphatic rings. The van der Waals surface area contributed by atoms with Crippen molar-refractivity contribution >= 4 is 26.3 Å². The van der Waals surface area contributed by atoms with Gasteiger partial charge in [0.2, 0.25) is 10.0 Å². The average molecular weight is 288 g/mol. The second kappa shape index (κ2) is 5.79. The first kappa shape index (κ1) is 13.5. The summed E-state index contributed by atoms with van der Waals surface area (Å²) in [6, 6.07) is 0. The number of nitrogens with zero attached hydrogens (tertiary/aromatic N) is 2. The lowest BCUT2D eigenvalue weighted by atomic mass is 10.4. The number of aromatic nitrogens is 2. The highest BCUT2D eigenvalue weighted by Crippen LogP contribution is 2.10. The van der Waals surface area contributed by atoms with E-state index in [1.807, 2.05) is 22.2 Å². The van der Waals surface area contributed by atoms with Crippen LogP contribution >= 0.6 is 11.3 Å². The van der Waals surface area contributed by atoms with Crippen LogP contribution in [0.1, 0.15) is 12.1 Å².